The molecule has 0 amide bonds. The van der Waals surface area contributed by atoms with Crippen LogP contribution < -0.4 is 18.9 Å². The number of phenols is 1. The Balaban J connectivity index is 2.42. The van der Waals surface area contributed by atoms with Crippen LogP contribution in [0.25, 0.3) is 12.2 Å². The summed E-state index contributed by atoms with van der Waals surface area (Å²) in [7, 11) is 6.26. The first kappa shape index (κ1) is 18.3. The number of methoxy groups -OCH3 is 4. The van der Waals surface area contributed by atoms with E-state index in [9.17, 15) is 5.11 Å². The highest BCUT2D eigenvalue weighted by molar-refractivity contribution is 14.1. The summed E-state index contributed by atoms with van der Waals surface area (Å²) in [5, 5.41) is 9.79. The lowest BCUT2D eigenvalue weighted by atomic mass is 10.1. The Labute approximate surface area is 154 Å². The molecule has 0 unspecified atom stereocenters. The Kier molecular flexibility index (Phi) is 6.19. The number of ether oxygens (including phenoxy) is 4. The average Bonchev–Trinajstić information content (AvgIpc) is 2.59. The van der Waals surface area contributed by atoms with E-state index in [0.717, 1.165) is 14.7 Å². The van der Waals surface area contributed by atoms with Gasteiger partial charge in [0.15, 0.2) is 23.0 Å². The third-order valence-electron chi connectivity index (χ3n) is 3.44. The highest BCUT2D eigenvalue weighted by atomic mass is 127. The molecule has 6 heteroatoms. The maximum Gasteiger partial charge on any atom is 0.203 e. The predicted molar refractivity (Wildman–Crippen MR) is 102 cm³/mol. The van der Waals surface area contributed by atoms with Gasteiger partial charge in [-0.3, -0.25) is 0 Å². The number of benzene rings is 2. The van der Waals surface area contributed by atoms with E-state index in [4.69, 9.17) is 18.9 Å². The first-order chi connectivity index (χ1) is 11.5. The first-order valence-corrected chi connectivity index (χ1v) is 8.16. The zero-order valence-corrected chi connectivity index (χ0v) is 16.1. The van der Waals surface area contributed by atoms with Crippen LogP contribution in [0.1, 0.15) is 11.1 Å². The molecule has 0 atom stereocenters. The topological polar surface area (TPSA) is 57.2 Å². The van der Waals surface area contributed by atoms with Crippen molar-refractivity contribution in [2.24, 2.45) is 0 Å². The fraction of sp³-hybridized carbons (Fsp3) is 0.222. The van der Waals surface area contributed by atoms with Crippen LogP contribution in [-0.4, -0.2) is 33.5 Å². The summed E-state index contributed by atoms with van der Waals surface area (Å²) < 4.78 is 22.1. The van der Waals surface area contributed by atoms with Crippen molar-refractivity contribution in [3.8, 4) is 28.7 Å². The second kappa shape index (κ2) is 8.14. The van der Waals surface area contributed by atoms with Crippen LogP contribution in [0.15, 0.2) is 24.3 Å². The smallest absolute Gasteiger partial charge is 0.203 e. The normalized spacial score (nSPS) is 10.7. The van der Waals surface area contributed by atoms with Gasteiger partial charge >= 0.3 is 0 Å². The van der Waals surface area contributed by atoms with Crippen molar-refractivity contribution in [1.82, 2.24) is 0 Å². The van der Waals surface area contributed by atoms with E-state index in [1.54, 1.807) is 33.5 Å². The highest BCUT2D eigenvalue weighted by Crippen LogP contribution is 2.39. The highest BCUT2D eigenvalue weighted by Gasteiger charge is 2.12. The van der Waals surface area contributed by atoms with Gasteiger partial charge in [-0.2, -0.15) is 0 Å². The molecule has 0 saturated heterocycles. The van der Waals surface area contributed by atoms with E-state index in [0.29, 0.717) is 23.0 Å². The number of phenolic OH excluding ortho intramolecular Hbond substituents is 1. The fourth-order valence-corrected chi connectivity index (χ4v) is 2.86. The molecule has 24 heavy (non-hydrogen) atoms. The lowest BCUT2D eigenvalue weighted by molar-refractivity contribution is 0.324. The molecular weight excluding hydrogens is 423 g/mol. The second-order valence-corrected chi connectivity index (χ2v) is 6.00. The maximum atomic E-state index is 9.79. The lowest BCUT2D eigenvalue weighted by Gasteiger charge is -2.13. The van der Waals surface area contributed by atoms with Crippen molar-refractivity contribution in [3.05, 3.63) is 39.0 Å². The molecule has 5 nitrogen and oxygen atoms in total. The first-order valence-electron chi connectivity index (χ1n) is 7.08. The summed E-state index contributed by atoms with van der Waals surface area (Å²) in [6.07, 6.45) is 3.86. The van der Waals surface area contributed by atoms with Gasteiger partial charge in [0.25, 0.3) is 0 Å². The molecule has 0 aromatic heterocycles. The Bertz CT molecular complexity index is 730. The monoisotopic (exact) mass is 442 g/mol. The summed E-state index contributed by atoms with van der Waals surface area (Å²) in [5.74, 6) is 2.29. The van der Waals surface area contributed by atoms with Gasteiger partial charge in [-0.05, 0) is 58.0 Å². The van der Waals surface area contributed by atoms with E-state index in [1.165, 1.54) is 7.11 Å². The molecule has 0 fully saturated rings. The molecule has 0 saturated carbocycles. The quantitative estimate of drug-likeness (QED) is 0.537. The third kappa shape index (κ3) is 3.87. The Morgan fingerprint density at radius 2 is 1.38 bits per heavy atom. The summed E-state index contributed by atoms with van der Waals surface area (Å²) in [4.78, 5) is 0. The van der Waals surface area contributed by atoms with Gasteiger partial charge in [-0.25, -0.2) is 0 Å². The van der Waals surface area contributed by atoms with Gasteiger partial charge in [0, 0.05) is 3.57 Å². The SMILES string of the molecule is COc1cc(/C=C\c2cc(OC)c(OC)c(OC)c2)c(I)cc1O. The van der Waals surface area contributed by atoms with Gasteiger partial charge in [0.2, 0.25) is 5.75 Å². The van der Waals surface area contributed by atoms with Gasteiger partial charge < -0.3 is 24.1 Å². The number of aromatic hydroxyl groups is 1. The van der Waals surface area contributed by atoms with E-state index >= 15 is 0 Å². The van der Waals surface area contributed by atoms with E-state index in [1.807, 2.05) is 24.3 Å². The fourth-order valence-electron chi connectivity index (χ4n) is 2.23. The molecule has 2 aromatic carbocycles. The molecule has 0 spiro atoms. The largest absolute Gasteiger partial charge is 0.504 e. The van der Waals surface area contributed by atoms with Crippen molar-refractivity contribution < 1.29 is 24.1 Å². The van der Waals surface area contributed by atoms with E-state index < -0.39 is 0 Å². The molecule has 128 valence electrons. The van der Waals surface area contributed by atoms with Crippen molar-refractivity contribution in [2.45, 2.75) is 0 Å². The van der Waals surface area contributed by atoms with Crippen LogP contribution in [0.2, 0.25) is 0 Å². The molecule has 0 bridgehead atoms. The van der Waals surface area contributed by atoms with E-state index in [-0.39, 0.29) is 5.75 Å². The van der Waals surface area contributed by atoms with Gasteiger partial charge in [0.05, 0.1) is 28.4 Å². The van der Waals surface area contributed by atoms with Crippen LogP contribution >= 0.6 is 22.6 Å². The summed E-state index contributed by atoms with van der Waals surface area (Å²) in [6, 6.07) is 7.17. The number of hydrogen-bond acceptors (Lipinski definition) is 5. The zero-order chi connectivity index (χ0) is 17.7. The number of rotatable bonds is 6. The van der Waals surface area contributed by atoms with Gasteiger partial charge in [-0.15, -0.1) is 0 Å². The van der Waals surface area contributed by atoms with Crippen molar-refractivity contribution >= 4 is 34.7 Å². The molecule has 0 radical (unpaired) electrons. The minimum absolute atomic E-state index is 0.117. The number of hydrogen-bond donors (Lipinski definition) is 1. The summed E-state index contributed by atoms with van der Waals surface area (Å²) in [5.41, 5.74) is 1.83. The lowest BCUT2D eigenvalue weighted by Crippen LogP contribution is -1.95. The van der Waals surface area contributed by atoms with Crippen LogP contribution in [0.5, 0.6) is 28.7 Å². The Morgan fingerprint density at radius 1 is 0.792 bits per heavy atom. The minimum Gasteiger partial charge on any atom is -0.504 e. The molecule has 0 heterocycles. The van der Waals surface area contributed by atoms with Crippen LogP contribution in [-0.2, 0) is 0 Å². The molecule has 1 N–H and O–H groups in total. The predicted octanol–water partition coefficient (Wildman–Crippen LogP) is 4.20. The third-order valence-corrected chi connectivity index (χ3v) is 4.37. The van der Waals surface area contributed by atoms with E-state index in [2.05, 4.69) is 22.6 Å². The van der Waals surface area contributed by atoms with Gasteiger partial charge in [-0.1, -0.05) is 12.2 Å². The van der Waals surface area contributed by atoms with Crippen molar-refractivity contribution in [1.29, 1.82) is 0 Å². The Hall–Kier alpha value is -2.09. The van der Waals surface area contributed by atoms with Gasteiger partial charge in [0.1, 0.15) is 0 Å². The van der Waals surface area contributed by atoms with Crippen LogP contribution in [0.3, 0.4) is 0 Å². The minimum atomic E-state index is 0.117. The molecule has 0 aliphatic rings. The summed E-state index contributed by atoms with van der Waals surface area (Å²) >= 11 is 2.16. The maximum absolute atomic E-state index is 9.79. The van der Waals surface area contributed by atoms with Crippen molar-refractivity contribution in [3.63, 3.8) is 0 Å². The standard InChI is InChI=1S/C18H19IO5/c1-21-15-9-12(13(19)10-14(15)20)6-5-11-7-16(22-2)18(24-4)17(8-11)23-3/h5-10,20H,1-4H3/b6-5-. The van der Waals surface area contributed by atoms with Crippen LogP contribution in [0, 0.1) is 3.57 Å². The van der Waals surface area contributed by atoms with Crippen LogP contribution in [0.4, 0.5) is 0 Å². The second-order valence-electron chi connectivity index (χ2n) is 4.84. The Morgan fingerprint density at radius 3 is 1.88 bits per heavy atom. The average molecular weight is 442 g/mol. The summed E-state index contributed by atoms with van der Waals surface area (Å²) in [6.45, 7) is 0. The van der Waals surface area contributed by atoms with Crippen molar-refractivity contribution in [2.75, 3.05) is 28.4 Å². The zero-order valence-electron chi connectivity index (χ0n) is 13.9. The molecule has 0 aliphatic heterocycles. The molecule has 2 rings (SSSR count). The molecule has 0 aliphatic carbocycles. The number of halogens is 1. The molecular formula is C18H19IO5. The molecule has 2 aromatic rings.